The molecule has 0 amide bonds. The molecule has 5 heteroatoms. The molecular formula is C24H41N5. The van der Waals surface area contributed by atoms with Crippen LogP contribution < -0.4 is 15.5 Å². The van der Waals surface area contributed by atoms with Gasteiger partial charge in [-0.25, -0.2) is 0 Å². The van der Waals surface area contributed by atoms with Crippen LogP contribution in [-0.2, 0) is 6.54 Å². The normalized spacial score (nSPS) is 20.1. The van der Waals surface area contributed by atoms with Crippen molar-refractivity contribution in [1.82, 2.24) is 15.5 Å². The molecule has 0 aromatic heterocycles. The summed E-state index contributed by atoms with van der Waals surface area (Å²) >= 11 is 0. The first-order chi connectivity index (χ1) is 14.2. The van der Waals surface area contributed by atoms with Crippen LogP contribution in [0.25, 0.3) is 0 Å². The first kappa shape index (κ1) is 21.9. The van der Waals surface area contributed by atoms with Crippen molar-refractivity contribution < 1.29 is 0 Å². The second kappa shape index (κ2) is 11.4. The van der Waals surface area contributed by atoms with E-state index in [0.717, 1.165) is 18.4 Å². The molecule has 2 N–H and O–H groups in total. The van der Waals surface area contributed by atoms with Gasteiger partial charge < -0.3 is 20.4 Å². The SMILES string of the molecule is CCCCN1CCC(NC(=NC)NCc2ccc(N3CCC(C)CC3)cc2)CC1. The van der Waals surface area contributed by atoms with Gasteiger partial charge in [-0.15, -0.1) is 0 Å². The first-order valence-electron chi connectivity index (χ1n) is 11.7. The van der Waals surface area contributed by atoms with Crippen LogP contribution in [0.4, 0.5) is 5.69 Å². The minimum absolute atomic E-state index is 0.531. The predicted molar refractivity (Wildman–Crippen MR) is 125 cm³/mol. The molecule has 2 saturated heterocycles. The lowest BCUT2D eigenvalue weighted by atomic mass is 9.99. The summed E-state index contributed by atoms with van der Waals surface area (Å²) in [6, 6.07) is 9.58. The van der Waals surface area contributed by atoms with E-state index in [9.17, 15) is 0 Å². The van der Waals surface area contributed by atoms with E-state index in [4.69, 9.17) is 0 Å². The second-order valence-electron chi connectivity index (χ2n) is 8.88. The Kier molecular flexibility index (Phi) is 8.66. The van der Waals surface area contributed by atoms with E-state index in [1.807, 2.05) is 7.05 Å². The van der Waals surface area contributed by atoms with Crippen LogP contribution in [0.3, 0.4) is 0 Å². The van der Waals surface area contributed by atoms with Crippen LogP contribution in [0.5, 0.6) is 0 Å². The van der Waals surface area contributed by atoms with Crippen LogP contribution in [-0.4, -0.2) is 56.7 Å². The third kappa shape index (κ3) is 6.91. The molecule has 1 aromatic carbocycles. The fraction of sp³-hybridized carbons (Fsp3) is 0.708. The molecule has 0 atom stereocenters. The number of piperidine rings is 2. The largest absolute Gasteiger partial charge is 0.372 e. The topological polar surface area (TPSA) is 42.9 Å². The van der Waals surface area contributed by atoms with Gasteiger partial charge in [-0.1, -0.05) is 32.4 Å². The zero-order chi connectivity index (χ0) is 20.5. The fourth-order valence-electron chi connectivity index (χ4n) is 4.35. The van der Waals surface area contributed by atoms with Gasteiger partial charge in [-0.2, -0.15) is 0 Å². The van der Waals surface area contributed by atoms with Crippen molar-refractivity contribution in [1.29, 1.82) is 0 Å². The molecule has 162 valence electrons. The Hall–Kier alpha value is -1.75. The fourth-order valence-corrected chi connectivity index (χ4v) is 4.35. The molecule has 2 heterocycles. The van der Waals surface area contributed by atoms with E-state index in [0.29, 0.717) is 6.04 Å². The van der Waals surface area contributed by atoms with Crippen molar-refractivity contribution >= 4 is 11.6 Å². The Morgan fingerprint density at radius 3 is 2.34 bits per heavy atom. The van der Waals surface area contributed by atoms with E-state index in [-0.39, 0.29) is 0 Å². The monoisotopic (exact) mass is 399 g/mol. The smallest absolute Gasteiger partial charge is 0.191 e. The van der Waals surface area contributed by atoms with Crippen molar-refractivity contribution in [2.45, 2.75) is 65.0 Å². The van der Waals surface area contributed by atoms with Crippen LogP contribution in [0.15, 0.2) is 29.3 Å². The lowest BCUT2D eigenvalue weighted by Crippen LogP contribution is -2.48. The van der Waals surface area contributed by atoms with Crippen LogP contribution in [0.2, 0.25) is 0 Å². The highest BCUT2D eigenvalue weighted by atomic mass is 15.2. The average molecular weight is 400 g/mol. The number of aliphatic imine (C=N–C) groups is 1. The van der Waals surface area contributed by atoms with Crippen molar-refractivity contribution in [2.24, 2.45) is 10.9 Å². The highest BCUT2D eigenvalue weighted by molar-refractivity contribution is 5.80. The Balaban J connectivity index is 1.40. The number of nitrogens with one attached hydrogen (secondary N) is 2. The molecule has 0 spiro atoms. The van der Waals surface area contributed by atoms with Gasteiger partial charge in [0.15, 0.2) is 5.96 Å². The zero-order valence-electron chi connectivity index (χ0n) is 18.8. The summed E-state index contributed by atoms with van der Waals surface area (Å²) in [7, 11) is 1.87. The molecule has 3 rings (SSSR count). The molecule has 2 fully saturated rings. The molecule has 0 bridgehead atoms. The summed E-state index contributed by atoms with van der Waals surface area (Å²) in [6.45, 7) is 11.5. The number of unbranched alkanes of at least 4 members (excludes halogenated alkanes) is 1. The molecule has 29 heavy (non-hydrogen) atoms. The minimum Gasteiger partial charge on any atom is -0.372 e. The standard InChI is InChI=1S/C24H41N5/c1-4-5-14-28-15-12-22(13-16-28)27-24(25-3)26-19-21-6-8-23(9-7-21)29-17-10-20(2)11-18-29/h6-9,20,22H,4-5,10-19H2,1-3H3,(H2,25,26,27). The number of hydrogen-bond acceptors (Lipinski definition) is 3. The third-order valence-electron chi connectivity index (χ3n) is 6.53. The Bertz CT molecular complexity index is 611. The number of guanidine groups is 1. The van der Waals surface area contributed by atoms with Gasteiger partial charge in [0.2, 0.25) is 0 Å². The van der Waals surface area contributed by atoms with Crippen molar-refractivity contribution in [3.8, 4) is 0 Å². The number of hydrogen-bond donors (Lipinski definition) is 2. The van der Waals surface area contributed by atoms with Crippen molar-refractivity contribution in [3.05, 3.63) is 29.8 Å². The summed E-state index contributed by atoms with van der Waals surface area (Å²) in [6.07, 6.45) is 7.62. The number of benzene rings is 1. The Labute approximate surface area is 178 Å². The quantitative estimate of drug-likeness (QED) is 0.540. The molecule has 0 aliphatic carbocycles. The van der Waals surface area contributed by atoms with Gasteiger partial charge in [-0.3, -0.25) is 4.99 Å². The van der Waals surface area contributed by atoms with Gasteiger partial charge in [0.05, 0.1) is 0 Å². The molecule has 5 nitrogen and oxygen atoms in total. The van der Waals surface area contributed by atoms with Gasteiger partial charge >= 0.3 is 0 Å². The molecule has 2 aliphatic rings. The van der Waals surface area contributed by atoms with E-state index in [2.05, 4.69) is 63.5 Å². The molecule has 0 unspecified atom stereocenters. The molecule has 0 saturated carbocycles. The summed E-state index contributed by atoms with van der Waals surface area (Å²) < 4.78 is 0. The molecule has 2 aliphatic heterocycles. The van der Waals surface area contributed by atoms with Gasteiger partial charge in [0.1, 0.15) is 0 Å². The van der Waals surface area contributed by atoms with Crippen LogP contribution in [0.1, 0.15) is 57.9 Å². The summed E-state index contributed by atoms with van der Waals surface area (Å²) in [4.78, 5) is 9.55. The Morgan fingerprint density at radius 2 is 1.72 bits per heavy atom. The summed E-state index contributed by atoms with van der Waals surface area (Å²) in [5.74, 6) is 1.80. The highest BCUT2D eigenvalue weighted by Crippen LogP contribution is 2.23. The van der Waals surface area contributed by atoms with E-state index in [1.165, 1.54) is 82.5 Å². The van der Waals surface area contributed by atoms with Crippen LogP contribution in [0, 0.1) is 5.92 Å². The lowest BCUT2D eigenvalue weighted by molar-refractivity contribution is 0.203. The number of rotatable bonds is 7. The minimum atomic E-state index is 0.531. The van der Waals surface area contributed by atoms with Gasteiger partial charge in [0.25, 0.3) is 0 Å². The third-order valence-corrected chi connectivity index (χ3v) is 6.53. The molecule has 0 radical (unpaired) electrons. The Morgan fingerprint density at radius 1 is 1.03 bits per heavy atom. The predicted octanol–water partition coefficient (Wildman–Crippen LogP) is 3.85. The number of likely N-dealkylation sites (tertiary alicyclic amines) is 1. The molecular weight excluding hydrogens is 358 g/mol. The second-order valence-corrected chi connectivity index (χ2v) is 8.88. The zero-order valence-corrected chi connectivity index (χ0v) is 18.8. The maximum atomic E-state index is 4.44. The average Bonchev–Trinajstić information content (AvgIpc) is 2.77. The summed E-state index contributed by atoms with van der Waals surface area (Å²) in [5, 5.41) is 7.12. The van der Waals surface area contributed by atoms with E-state index < -0.39 is 0 Å². The highest BCUT2D eigenvalue weighted by Gasteiger charge is 2.19. The number of anilines is 1. The van der Waals surface area contributed by atoms with Gasteiger partial charge in [0, 0.05) is 51.5 Å². The van der Waals surface area contributed by atoms with Crippen LogP contribution >= 0.6 is 0 Å². The van der Waals surface area contributed by atoms with Crippen molar-refractivity contribution in [3.63, 3.8) is 0 Å². The van der Waals surface area contributed by atoms with E-state index in [1.54, 1.807) is 0 Å². The first-order valence-corrected chi connectivity index (χ1v) is 11.7. The van der Waals surface area contributed by atoms with Crippen molar-refractivity contribution in [2.75, 3.05) is 44.7 Å². The maximum Gasteiger partial charge on any atom is 0.191 e. The maximum absolute atomic E-state index is 4.44. The molecule has 1 aromatic rings. The lowest BCUT2D eigenvalue weighted by Gasteiger charge is -2.33. The van der Waals surface area contributed by atoms with Gasteiger partial charge in [-0.05, 0) is 62.3 Å². The summed E-state index contributed by atoms with van der Waals surface area (Å²) in [5.41, 5.74) is 2.66. The van der Waals surface area contributed by atoms with E-state index >= 15 is 0 Å². The number of nitrogens with zero attached hydrogens (tertiary/aromatic N) is 3.